The maximum atomic E-state index is 12.3. The number of aryl methyl sites for hydroxylation is 1. The highest BCUT2D eigenvalue weighted by Crippen LogP contribution is 2.34. The Bertz CT molecular complexity index is 1150. The second-order valence-corrected chi connectivity index (χ2v) is 7.52. The van der Waals surface area contributed by atoms with E-state index in [0.717, 1.165) is 17.7 Å². The van der Waals surface area contributed by atoms with E-state index in [1.165, 1.54) is 24.3 Å². The quantitative estimate of drug-likeness (QED) is 0.271. The molecule has 15 heteroatoms. The fourth-order valence-electron chi connectivity index (χ4n) is 2.11. The highest BCUT2D eigenvalue weighted by atomic mass is 35.5. The molecule has 0 saturated heterocycles. The predicted octanol–water partition coefficient (Wildman–Crippen LogP) is 2.31. The van der Waals surface area contributed by atoms with Crippen molar-refractivity contribution in [3.05, 3.63) is 72.8 Å². The van der Waals surface area contributed by atoms with Gasteiger partial charge in [-0.25, -0.2) is 0 Å². The number of hydrogen-bond donors (Lipinski definition) is 2. The van der Waals surface area contributed by atoms with Gasteiger partial charge in [0.15, 0.2) is 0 Å². The summed E-state index contributed by atoms with van der Waals surface area (Å²) in [4.78, 5) is 20.0. The number of guanidine groups is 1. The van der Waals surface area contributed by atoms with Crippen LogP contribution in [0, 0.1) is 32.6 Å². The smallest absolute Gasteiger partial charge is 0.356 e. The summed E-state index contributed by atoms with van der Waals surface area (Å²) in [7, 11) is -4.47. The summed E-state index contributed by atoms with van der Waals surface area (Å²) in [6, 6.07) is 7.35. The van der Waals surface area contributed by atoms with Crippen LogP contribution in [0.25, 0.3) is 0 Å². The second kappa shape index (κ2) is 8.81. The highest BCUT2D eigenvalue weighted by Gasteiger charge is 2.30. The summed E-state index contributed by atoms with van der Waals surface area (Å²) in [5, 5.41) is 33.0. The topological polar surface area (TPSA) is 195 Å². The molecular weight excluding hydrogens is 444 g/mol. The van der Waals surface area contributed by atoms with Crippen molar-refractivity contribution >= 4 is 45.3 Å². The van der Waals surface area contributed by atoms with E-state index in [-0.39, 0.29) is 15.1 Å². The molecule has 0 saturated carbocycles. The SMILES string of the molecule is Cc1ccc(S(=O)(=O)ON(N=Cc2c(Cl)ccc([N+](=O)[O-])c2[N+](=O)[O-])C(=N)N)cc1. The molecule has 0 aliphatic rings. The Morgan fingerprint density at radius 2 is 1.80 bits per heavy atom. The molecule has 0 spiro atoms. The van der Waals surface area contributed by atoms with Gasteiger partial charge in [0, 0.05) is 6.07 Å². The first-order chi connectivity index (χ1) is 13.9. The van der Waals surface area contributed by atoms with Crippen molar-refractivity contribution in [1.82, 2.24) is 5.17 Å². The van der Waals surface area contributed by atoms with E-state index >= 15 is 0 Å². The Labute approximate surface area is 174 Å². The zero-order valence-corrected chi connectivity index (χ0v) is 16.6. The van der Waals surface area contributed by atoms with Crippen LogP contribution in [0.5, 0.6) is 0 Å². The largest absolute Gasteiger partial charge is 0.367 e. The number of hydrazone groups is 1. The van der Waals surface area contributed by atoms with Gasteiger partial charge in [-0.15, -0.1) is 9.39 Å². The first-order valence-corrected chi connectivity index (χ1v) is 9.53. The first kappa shape index (κ1) is 22.7. The van der Waals surface area contributed by atoms with Crippen molar-refractivity contribution in [1.29, 1.82) is 5.41 Å². The lowest BCUT2D eigenvalue weighted by molar-refractivity contribution is -0.422. The van der Waals surface area contributed by atoms with E-state index < -0.39 is 42.9 Å². The van der Waals surface area contributed by atoms with Crippen LogP contribution in [0.15, 0.2) is 46.4 Å². The Hall–Kier alpha value is -3.62. The Kier molecular flexibility index (Phi) is 6.66. The average Bonchev–Trinajstić information content (AvgIpc) is 2.65. The van der Waals surface area contributed by atoms with Crippen LogP contribution in [-0.4, -0.2) is 35.6 Å². The second-order valence-electron chi connectivity index (χ2n) is 5.59. The molecule has 3 N–H and O–H groups in total. The molecular formula is C15H13ClN6O7S. The monoisotopic (exact) mass is 456 g/mol. The van der Waals surface area contributed by atoms with E-state index in [1.54, 1.807) is 6.92 Å². The minimum Gasteiger partial charge on any atom is -0.367 e. The molecule has 0 amide bonds. The molecule has 0 unspecified atom stereocenters. The zero-order valence-electron chi connectivity index (χ0n) is 15.1. The van der Waals surface area contributed by atoms with Gasteiger partial charge in [0.2, 0.25) is 5.96 Å². The molecule has 0 bridgehead atoms. The van der Waals surface area contributed by atoms with Gasteiger partial charge in [0.25, 0.3) is 0 Å². The number of nitrogens with two attached hydrogens (primary N) is 1. The van der Waals surface area contributed by atoms with E-state index in [2.05, 4.69) is 9.39 Å². The maximum absolute atomic E-state index is 12.3. The molecule has 30 heavy (non-hydrogen) atoms. The van der Waals surface area contributed by atoms with Crippen molar-refractivity contribution in [3.8, 4) is 0 Å². The van der Waals surface area contributed by atoms with Gasteiger partial charge in [0.05, 0.1) is 31.5 Å². The van der Waals surface area contributed by atoms with Crippen LogP contribution >= 0.6 is 11.6 Å². The molecule has 0 atom stereocenters. The van der Waals surface area contributed by atoms with Gasteiger partial charge in [-0.3, -0.25) is 25.6 Å². The molecule has 0 heterocycles. The van der Waals surface area contributed by atoms with Crippen molar-refractivity contribution in [3.63, 3.8) is 0 Å². The Morgan fingerprint density at radius 3 is 2.30 bits per heavy atom. The van der Waals surface area contributed by atoms with Gasteiger partial charge in [-0.05, 0) is 25.1 Å². The molecule has 158 valence electrons. The molecule has 0 radical (unpaired) electrons. The van der Waals surface area contributed by atoms with Crippen molar-refractivity contribution < 1.29 is 22.5 Å². The van der Waals surface area contributed by atoms with Gasteiger partial charge < -0.3 is 5.73 Å². The van der Waals surface area contributed by atoms with Gasteiger partial charge in [0.1, 0.15) is 0 Å². The van der Waals surface area contributed by atoms with E-state index in [9.17, 15) is 28.6 Å². The third-order valence-electron chi connectivity index (χ3n) is 3.50. The van der Waals surface area contributed by atoms with Crippen molar-refractivity contribution in [2.75, 3.05) is 0 Å². The third-order valence-corrected chi connectivity index (χ3v) is 5.01. The normalized spacial score (nSPS) is 11.4. The number of hydroxylamine groups is 1. The molecule has 2 aromatic rings. The van der Waals surface area contributed by atoms with Crippen LogP contribution in [0.1, 0.15) is 11.1 Å². The van der Waals surface area contributed by atoms with E-state index in [4.69, 9.17) is 22.7 Å². The lowest BCUT2D eigenvalue weighted by Gasteiger charge is -2.15. The molecule has 0 aromatic heterocycles. The van der Waals surface area contributed by atoms with Crippen LogP contribution in [0.3, 0.4) is 0 Å². The summed E-state index contributed by atoms with van der Waals surface area (Å²) in [5.41, 5.74) is 3.67. The van der Waals surface area contributed by atoms with Crippen LogP contribution in [0.2, 0.25) is 5.02 Å². The number of hydrogen-bond acceptors (Lipinski definition) is 9. The van der Waals surface area contributed by atoms with E-state index in [1.807, 2.05) is 0 Å². The minimum absolute atomic E-state index is 0.0636. The lowest BCUT2D eigenvalue weighted by Crippen LogP contribution is -2.34. The van der Waals surface area contributed by atoms with Crippen molar-refractivity contribution in [2.24, 2.45) is 10.8 Å². The van der Waals surface area contributed by atoms with E-state index in [0.29, 0.717) is 6.21 Å². The third kappa shape index (κ3) is 5.05. The maximum Gasteiger partial charge on any atom is 0.356 e. The molecule has 2 rings (SSSR count). The molecule has 13 nitrogen and oxygen atoms in total. The zero-order chi connectivity index (χ0) is 22.6. The number of nitro groups is 2. The number of rotatable bonds is 7. The molecule has 0 aliphatic carbocycles. The molecule has 0 aliphatic heterocycles. The van der Waals surface area contributed by atoms with Crippen LogP contribution in [-0.2, 0) is 14.4 Å². The minimum atomic E-state index is -4.47. The molecule has 0 fully saturated rings. The highest BCUT2D eigenvalue weighted by molar-refractivity contribution is 7.86. The van der Waals surface area contributed by atoms with Gasteiger partial charge in [-0.2, -0.15) is 8.42 Å². The average molecular weight is 457 g/mol. The molecule has 2 aromatic carbocycles. The number of nitrogens with one attached hydrogen (secondary N) is 1. The Balaban J connectivity index is 2.46. The van der Waals surface area contributed by atoms with Crippen LogP contribution < -0.4 is 5.73 Å². The summed E-state index contributed by atoms with van der Waals surface area (Å²) in [5.74, 6) is -0.994. The fourth-order valence-corrected chi connectivity index (χ4v) is 3.17. The number of nitrogens with zero attached hydrogens (tertiary/aromatic N) is 4. The van der Waals surface area contributed by atoms with Gasteiger partial charge >= 0.3 is 21.5 Å². The van der Waals surface area contributed by atoms with Crippen molar-refractivity contribution in [2.45, 2.75) is 11.8 Å². The summed E-state index contributed by atoms with van der Waals surface area (Å²) in [6.07, 6.45) is 0.625. The standard InChI is InChI=1S/C15H13ClN6O7S/c1-9-2-4-10(5-3-9)30(27,28)29-20(15(17)18)19-8-11-12(16)6-7-13(21(23)24)14(11)22(25)26/h2-8H,1H3,(H3,17,18). The number of nitro benzene ring substituents is 2. The van der Waals surface area contributed by atoms with Gasteiger partial charge in [-0.1, -0.05) is 34.5 Å². The fraction of sp³-hybridized carbons (Fsp3) is 0.0667. The summed E-state index contributed by atoms with van der Waals surface area (Å²) < 4.78 is 29.4. The summed E-state index contributed by atoms with van der Waals surface area (Å²) >= 11 is 5.88. The number of halogens is 1. The first-order valence-electron chi connectivity index (χ1n) is 7.74. The Morgan fingerprint density at radius 1 is 1.20 bits per heavy atom. The summed E-state index contributed by atoms with van der Waals surface area (Å²) in [6.45, 7) is 1.74. The lowest BCUT2D eigenvalue weighted by atomic mass is 10.1. The number of benzene rings is 2. The predicted molar refractivity (Wildman–Crippen MR) is 106 cm³/mol. The van der Waals surface area contributed by atoms with Crippen LogP contribution in [0.4, 0.5) is 11.4 Å².